The second-order valence-corrected chi connectivity index (χ2v) is 9.93. The molecule has 1 aliphatic rings. The van der Waals surface area contributed by atoms with Gasteiger partial charge in [-0.25, -0.2) is 4.79 Å². The summed E-state index contributed by atoms with van der Waals surface area (Å²) in [4.78, 5) is 41.9. The fourth-order valence-electron chi connectivity index (χ4n) is 4.49. The molecule has 2 amide bonds. The summed E-state index contributed by atoms with van der Waals surface area (Å²) in [6.07, 6.45) is 0.407. The van der Waals surface area contributed by atoms with Gasteiger partial charge in [0.2, 0.25) is 5.91 Å². The van der Waals surface area contributed by atoms with Crippen LogP contribution < -0.4 is 19.7 Å². The third-order valence-electron chi connectivity index (χ3n) is 6.55. The molecule has 1 atom stereocenters. The van der Waals surface area contributed by atoms with Crippen molar-refractivity contribution >= 4 is 58.1 Å². The predicted octanol–water partition coefficient (Wildman–Crippen LogP) is 5.11. The van der Waals surface area contributed by atoms with Crippen molar-refractivity contribution in [1.29, 1.82) is 0 Å². The largest absolute Gasteiger partial charge is 0.493 e. The Morgan fingerprint density at radius 1 is 0.976 bits per heavy atom. The molecule has 3 aromatic carbocycles. The molecule has 1 saturated heterocycles. The van der Waals surface area contributed by atoms with Crippen molar-refractivity contribution in [2.45, 2.75) is 25.8 Å². The second kappa shape index (κ2) is 13.5. The minimum absolute atomic E-state index is 0.130. The van der Waals surface area contributed by atoms with Gasteiger partial charge in [-0.1, -0.05) is 17.7 Å². The van der Waals surface area contributed by atoms with Crippen LogP contribution in [0.1, 0.15) is 29.3 Å². The van der Waals surface area contributed by atoms with Gasteiger partial charge >= 0.3 is 5.97 Å². The normalized spacial score (nSPS) is 14.7. The summed E-state index contributed by atoms with van der Waals surface area (Å²) in [6, 6.07) is 17.9. The van der Waals surface area contributed by atoms with Crippen LogP contribution in [-0.4, -0.2) is 61.2 Å². The van der Waals surface area contributed by atoms with Gasteiger partial charge in [-0.2, -0.15) is 0 Å². The summed E-state index contributed by atoms with van der Waals surface area (Å²) in [5, 5.41) is 3.64. The van der Waals surface area contributed by atoms with Crippen LogP contribution in [0.15, 0.2) is 66.7 Å². The number of halogens is 1. The number of carbonyl (C=O) groups excluding carboxylic acids is 3. The number of hydrogen-bond donors (Lipinski definition) is 1. The van der Waals surface area contributed by atoms with Gasteiger partial charge in [0.1, 0.15) is 6.04 Å². The Balaban J connectivity index is 1.53. The second-order valence-electron chi connectivity index (χ2n) is 9.13. The van der Waals surface area contributed by atoms with E-state index in [0.717, 1.165) is 5.56 Å². The number of benzene rings is 3. The van der Waals surface area contributed by atoms with E-state index in [0.29, 0.717) is 51.5 Å². The molecule has 3 aromatic rings. The average molecular weight is 596 g/mol. The lowest BCUT2D eigenvalue weighted by atomic mass is 10.1. The van der Waals surface area contributed by atoms with Crippen molar-refractivity contribution in [2.75, 3.05) is 37.6 Å². The van der Waals surface area contributed by atoms with E-state index in [4.69, 9.17) is 38.0 Å². The molecule has 0 aromatic heterocycles. The highest BCUT2D eigenvalue weighted by molar-refractivity contribution is 7.80. The standard InChI is InChI=1S/C30H30ClN3O6S/c1-4-40-29(37)20-6-10-22(11-7-20)32-27(35)18-24-28(36)34(23-12-8-21(31)9-13-23)30(41)33(24)16-15-19-5-14-25(38-2)26(17-19)39-3/h5-14,17,24H,4,15-16,18H2,1-3H3,(H,32,35). The molecule has 9 nitrogen and oxygen atoms in total. The van der Waals surface area contributed by atoms with Crippen LogP contribution in [0, 0.1) is 0 Å². The molecule has 0 aliphatic carbocycles. The first-order chi connectivity index (χ1) is 19.7. The highest BCUT2D eigenvalue weighted by Gasteiger charge is 2.44. The Labute approximate surface area is 248 Å². The fraction of sp³-hybridized carbons (Fsp3) is 0.267. The van der Waals surface area contributed by atoms with Gasteiger partial charge in [-0.3, -0.25) is 14.5 Å². The number of esters is 1. The molecule has 1 fully saturated rings. The van der Waals surface area contributed by atoms with Crippen LogP contribution in [0.3, 0.4) is 0 Å². The fourth-order valence-corrected chi connectivity index (χ4v) is 5.03. The predicted molar refractivity (Wildman–Crippen MR) is 161 cm³/mol. The maximum Gasteiger partial charge on any atom is 0.338 e. The number of methoxy groups -OCH3 is 2. The summed E-state index contributed by atoms with van der Waals surface area (Å²) in [6.45, 7) is 2.38. The van der Waals surface area contributed by atoms with Crippen LogP contribution >= 0.6 is 23.8 Å². The first kappa shape index (κ1) is 29.8. The van der Waals surface area contributed by atoms with Crippen molar-refractivity contribution in [1.82, 2.24) is 4.90 Å². The molecule has 41 heavy (non-hydrogen) atoms. The maximum absolute atomic E-state index is 13.7. The smallest absolute Gasteiger partial charge is 0.338 e. The summed E-state index contributed by atoms with van der Waals surface area (Å²) in [5.41, 5.74) is 2.38. The molecule has 4 rings (SSSR count). The van der Waals surface area contributed by atoms with Crippen molar-refractivity contribution in [3.05, 3.63) is 82.9 Å². The number of nitrogens with zero attached hydrogens (tertiary/aromatic N) is 2. The van der Waals surface area contributed by atoms with Gasteiger partial charge in [0.15, 0.2) is 16.6 Å². The van der Waals surface area contributed by atoms with Gasteiger partial charge in [0.25, 0.3) is 5.91 Å². The molecule has 11 heteroatoms. The number of ether oxygens (including phenoxy) is 3. The molecule has 0 saturated carbocycles. The molecule has 0 radical (unpaired) electrons. The lowest BCUT2D eigenvalue weighted by molar-refractivity contribution is -0.124. The van der Waals surface area contributed by atoms with Gasteiger partial charge in [0.05, 0.1) is 38.5 Å². The summed E-state index contributed by atoms with van der Waals surface area (Å²) in [7, 11) is 3.14. The molecule has 0 bridgehead atoms. The number of hydrogen-bond acceptors (Lipinski definition) is 7. The van der Waals surface area contributed by atoms with E-state index < -0.39 is 12.0 Å². The van der Waals surface area contributed by atoms with E-state index in [-0.39, 0.29) is 24.8 Å². The van der Waals surface area contributed by atoms with Gasteiger partial charge < -0.3 is 24.4 Å². The van der Waals surface area contributed by atoms with Crippen LogP contribution in [0.2, 0.25) is 5.02 Å². The first-order valence-electron chi connectivity index (χ1n) is 12.9. The Kier molecular flexibility index (Phi) is 9.80. The number of rotatable bonds is 11. The van der Waals surface area contributed by atoms with Crippen LogP contribution in [0.5, 0.6) is 11.5 Å². The Morgan fingerprint density at radius 3 is 2.29 bits per heavy atom. The summed E-state index contributed by atoms with van der Waals surface area (Å²) in [5.74, 6) is 0.0871. The first-order valence-corrected chi connectivity index (χ1v) is 13.7. The minimum atomic E-state index is -0.822. The van der Waals surface area contributed by atoms with E-state index in [1.54, 1.807) is 74.6 Å². The third kappa shape index (κ3) is 6.96. The lowest BCUT2D eigenvalue weighted by Gasteiger charge is -2.24. The Bertz CT molecular complexity index is 1430. The van der Waals surface area contributed by atoms with Gasteiger partial charge in [-0.05, 0) is 91.8 Å². The van der Waals surface area contributed by atoms with E-state index in [1.165, 1.54) is 4.90 Å². The number of amides is 2. The number of anilines is 2. The Hall–Kier alpha value is -4.15. The van der Waals surface area contributed by atoms with Gasteiger partial charge in [-0.15, -0.1) is 0 Å². The van der Waals surface area contributed by atoms with E-state index in [9.17, 15) is 14.4 Å². The Morgan fingerprint density at radius 2 is 1.66 bits per heavy atom. The lowest BCUT2D eigenvalue weighted by Crippen LogP contribution is -2.39. The average Bonchev–Trinajstić information content (AvgIpc) is 3.20. The molecule has 1 heterocycles. The molecule has 0 spiro atoms. The molecular weight excluding hydrogens is 566 g/mol. The summed E-state index contributed by atoms with van der Waals surface area (Å²) < 4.78 is 15.7. The van der Waals surface area contributed by atoms with Crippen molar-refractivity contribution in [3.63, 3.8) is 0 Å². The molecule has 1 unspecified atom stereocenters. The van der Waals surface area contributed by atoms with Crippen molar-refractivity contribution < 1.29 is 28.6 Å². The SMILES string of the molecule is CCOC(=O)c1ccc(NC(=O)CC2C(=O)N(c3ccc(Cl)cc3)C(=S)N2CCc2ccc(OC)c(OC)c2)cc1. The number of carbonyl (C=O) groups is 3. The number of thiocarbonyl (C=S) groups is 1. The van der Waals surface area contributed by atoms with E-state index in [2.05, 4.69) is 5.32 Å². The maximum atomic E-state index is 13.7. The van der Waals surface area contributed by atoms with Crippen LogP contribution in [0.4, 0.5) is 11.4 Å². The van der Waals surface area contributed by atoms with Crippen LogP contribution in [-0.2, 0) is 20.7 Å². The summed E-state index contributed by atoms with van der Waals surface area (Å²) >= 11 is 11.8. The molecule has 214 valence electrons. The zero-order valence-corrected chi connectivity index (χ0v) is 24.5. The van der Waals surface area contributed by atoms with Crippen LogP contribution in [0.25, 0.3) is 0 Å². The third-order valence-corrected chi connectivity index (χ3v) is 7.22. The molecule has 1 aliphatic heterocycles. The molecular formula is C30H30ClN3O6S. The highest BCUT2D eigenvalue weighted by Crippen LogP contribution is 2.31. The highest BCUT2D eigenvalue weighted by atomic mass is 35.5. The quantitative estimate of drug-likeness (QED) is 0.241. The van der Waals surface area contributed by atoms with E-state index in [1.807, 2.05) is 18.2 Å². The van der Waals surface area contributed by atoms with E-state index >= 15 is 0 Å². The number of nitrogens with one attached hydrogen (secondary N) is 1. The zero-order valence-electron chi connectivity index (χ0n) is 22.9. The minimum Gasteiger partial charge on any atom is -0.493 e. The van der Waals surface area contributed by atoms with Gasteiger partial charge in [0, 0.05) is 17.3 Å². The van der Waals surface area contributed by atoms with Crippen molar-refractivity contribution in [3.8, 4) is 11.5 Å². The monoisotopic (exact) mass is 595 g/mol. The van der Waals surface area contributed by atoms with Crippen molar-refractivity contribution in [2.24, 2.45) is 0 Å². The zero-order chi connectivity index (χ0) is 29.5. The molecule has 1 N–H and O–H groups in total. The topological polar surface area (TPSA) is 97.4 Å².